The number of nitrogens with zero attached hydrogens (tertiary/aromatic N) is 2. The Labute approximate surface area is 53.4 Å². The molecule has 0 aromatic carbocycles. The molecule has 2 heterocycles. The lowest BCUT2D eigenvalue weighted by Crippen LogP contribution is -2.06. The first kappa shape index (κ1) is 4.85. The molecule has 0 unspecified atom stereocenters. The van der Waals surface area contributed by atoms with E-state index in [2.05, 4.69) is 10.5 Å². The van der Waals surface area contributed by atoms with Crippen LogP contribution in [0.1, 0.15) is 12.8 Å². The molecular formula is C6H7N2O. The molecule has 0 saturated carbocycles. The molecule has 2 aliphatic heterocycles. The normalized spacial score (nSPS) is 23.1. The lowest BCUT2D eigenvalue weighted by molar-refractivity contribution is 0.207. The highest BCUT2D eigenvalue weighted by atomic mass is 16.5. The molecule has 0 saturated heterocycles. The minimum Gasteiger partial charge on any atom is -0.490 e. The minimum atomic E-state index is 0.820. The molecule has 3 nitrogen and oxygen atoms in total. The number of hydrogen-bond donors (Lipinski definition) is 0. The van der Waals surface area contributed by atoms with Gasteiger partial charge in [-0.3, -0.25) is 0 Å². The van der Waals surface area contributed by atoms with Crippen LogP contribution in [0.2, 0.25) is 0 Å². The second-order valence-corrected chi connectivity index (χ2v) is 2.11. The van der Waals surface area contributed by atoms with Gasteiger partial charge in [0.1, 0.15) is 5.70 Å². The standard InChI is InChI=1S/C6H7N2O/c1-2-5-6(9-3-1)4-7-8-5/h4H,1-3H2. The molecule has 47 valence electrons. The average molecular weight is 123 g/mol. The monoisotopic (exact) mass is 123 g/mol. The highest BCUT2D eigenvalue weighted by Gasteiger charge is 2.16. The third-order valence-corrected chi connectivity index (χ3v) is 1.45. The summed E-state index contributed by atoms with van der Waals surface area (Å²) in [7, 11) is 0. The van der Waals surface area contributed by atoms with Crippen LogP contribution in [0.25, 0.3) is 0 Å². The predicted molar refractivity (Wildman–Crippen MR) is 32.8 cm³/mol. The van der Waals surface area contributed by atoms with Crippen molar-refractivity contribution in [1.29, 1.82) is 0 Å². The third-order valence-electron chi connectivity index (χ3n) is 1.45. The van der Waals surface area contributed by atoms with E-state index in [1.54, 1.807) is 6.21 Å². The van der Waals surface area contributed by atoms with Crippen LogP contribution >= 0.6 is 0 Å². The van der Waals surface area contributed by atoms with Crippen LogP contribution in [0.5, 0.6) is 0 Å². The summed E-state index contributed by atoms with van der Waals surface area (Å²) in [5.74, 6) is 0.876. The first-order valence-electron chi connectivity index (χ1n) is 3.07. The summed E-state index contributed by atoms with van der Waals surface area (Å²) in [6.07, 6.45) is 3.77. The number of hydrogen-bond acceptors (Lipinski definition) is 2. The summed E-state index contributed by atoms with van der Waals surface area (Å²) in [5, 5.41) is 3.73. The largest absolute Gasteiger partial charge is 0.490 e. The van der Waals surface area contributed by atoms with E-state index in [-0.39, 0.29) is 0 Å². The second-order valence-electron chi connectivity index (χ2n) is 2.11. The molecule has 3 heteroatoms. The van der Waals surface area contributed by atoms with Gasteiger partial charge in [-0.25, -0.2) is 0 Å². The Kier molecular flexibility index (Phi) is 0.946. The lowest BCUT2D eigenvalue weighted by atomic mass is 10.2. The van der Waals surface area contributed by atoms with E-state index in [1.165, 1.54) is 0 Å². The molecule has 9 heavy (non-hydrogen) atoms. The highest BCUT2D eigenvalue weighted by Crippen LogP contribution is 2.19. The molecule has 1 radical (unpaired) electrons. The molecule has 2 aliphatic rings. The Balaban J connectivity index is 2.24. The summed E-state index contributed by atoms with van der Waals surface area (Å²) >= 11 is 0. The SMILES string of the molecule is C1=N[N]C2=C1OCCC2. The van der Waals surface area contributed by atoms with Crippen molar-refractivity contribution in [3.05, 3.63) is 11.5 Å². The minimum absolute atomic E-state index is 0.820. The van der Waals surface area contributed by atoms with Crippen LogP contribution in [-0.2, 0) is 4.74 Å². The van der Waals surface area contributed by atoms with Crippen molar-refractivity contribution in [2.45, 2.75) is 12.8 Å². The second kappa shape index (κ2) is 1.76. The van der Waals surface area contributed by atoms with E-state index in [0.29, 0.717) is 0 Å². The highest BCUT2D eigenvalue weighted by molar-refractivity contribution is 5.79. The van der Waals surface area contributed by atoms with Crippen molar-refractivity contribution in [3.63, 3.8) is 0 Å². The maximum absolute atomic E-state index is 5.24. The molecule has 0 aromatic heterocycles. The number of ether oxygens (including phenoxy) is 1. The summed E-state index contributed by atoms with van der Waals surface area (Å²) in [4.78, 5) is 0. The van der Waals surface area contributed by atoms with E-state index in [4.69, 9.17) is 4.74 Å². The van der Waals surface area contributed by atoms with E-state index in [1.807, 2.05) is 0 Å². The van der Waals surface area contributed by atoms with Gasteiger partial charge in [0, 0.05) is 0 Å². The fraction of sp³-hybridized carbons (Fsp3) is 0.500. The zero-order chi connectivity index (χ0) is 6.10. The maximum atomic E-state index is 5.24. The molecule has 0 aliphatic carbocycles. The van der Waals surface area contributed by atoms with Crippen molar-refractivity contribution in [1.82, 2.24) is 5.43 Å². The fourth-order valence-corrected chi connectivity index (χ4v) is 0.990. The van der Waals surface area contributed by atoms with Gasteiger partial charge in [-0.15, -0.1) is 0 Å². The van der Waals surface area contributed by atoms with Gasteiger partial charge in [-0.1, -0.05) is 0 Å². The number of allylic oxidation sites excluding steroid dienone is 2. The summed E-state index contributed by atoms with van der Waals surface area (Å²) in [6.45, 7) is 0.820. The van der Waals surface area contributed by atoms with Crippen LogP contribution in [0, 0.1) is 0 Å². The van der Waals surface area contributed by atoms with Gasteiger partial charge in [0.05, 0.1) is 12.8 Å². The Bertz CT molecular complexity index is 183. The first-order valence-corrected chi connectivity index (χ1v) is 3.07. The third kappa shape index (κ3) is 0.686. The molecule has 0 atom stereocenters. The van der Waals surface area contributed by atoms with Crippen LogP contribution in [-0.4, -0.2) is 12.8 Å². The van der Waals surface area contributed by atoms with Crippen LogP contribution in [0.3, 0.4) is 0 Å². The molecule has 0 fully saturated rings. The van der Waals surface area contributed by atoms with Crippen molar-refractivity contribution >= 4 is 6.21 Å². The van der Waals surface area contributed by atoms with E-state index >= 15 is 0 Å². The Hall–Kier alpha value is -0.990. The lowest BCUT2D eigenvalue weighted by Gasteiger charge is -2.11. The van der Waals surface area contributed by atoms with E-state index in [0.717, 1.165) is 30.9 Å². The van der Waals surface area contributed by atoms with Crippen LogP contribution in [0.15, 0.2) is 16.6 Å². The molecule has 2 rings (SSSR count). The topological polar surface area (TPSA) is 35.7 Å². The van der Waals surface area contributed by atoms with Gasteiger partial charge in [-0.05, 0) is 12.8 Å². The van der Waals surface area contributed by atoms with E-state index < -0.39 is 0 Å². The number of rotatable bonds is 0. The zero-order valence-electron chi connectivity index (χ0n) is 5.00. The Morgan fingerprint density at radius 1 is 1.56 bits per heavy atom. The summed E-state index contributed by atoms with van der Waals surface area (Å²) in [5.41, 5.74) is 4.90. The zero-order valence-corrected chi connectivity index (χ0v) is 5.00. The molecule has 0 N–H and O–H groups in total. The molecule has 0 bridgehead atoms. The van der Waals surface area contributed by atoms with Gasteiger partial charge in [0.25, 0.3) is 0 Å². The molecule has 0 spiro atoms. The van der Waals surface area contributed by atoms with E-state index in [9.17, 15) is 0 Å². The van der Waals surface area contributed by atoms with Crippen molar-refractivity contribution < 1.29 is 4.74 Å². The predicted octanol–water partition coefficient (Wildman–Crippen LogP) is 0.612. The molecule has 0 amide bonds. The van der Waals surface area contributed by atoms with Gasteiger partial charge in [-0.2, -0.15) is 10.5 Å². The summed E-state index contributed by atoms with van der Waals surface area (Å²) < 4.78 is 5.24. The maximum Gasteiger partial charge on any atom is 0.162 e. The average Bonchev–Trinajstić information content (AvgIpc) is 2.33. The molecular weight excluding hydrogens is 116 g/mol. The quantitative estimate of drug-likeness (QED) is 0.465. The molecule has 0 aromatic rings. The first-order chi connectivity index (χ1) is 4.47. The van der Waals surface area contributed by atoms with Gasteiger partial charge in [0.15, 0.2) is 5.76 Å². The Morgan fingerprint density at radius 3 is 3.44 bits per heavy atom. The van der Waals surface area contributed by atoms with Gasteiger partial charge in [0.2, 0.25) is 0 Å². The van der Waals surface area contributed by atoms with Crippen molar-refractivity contribution in [3.8, 4) is 0 Å². The van der Waals surface area contributed by atoms with Gasteiger partial charge < -0.3 is 4.74 Å². The van der Waals surface area contributed by atoms with Crippen molar-refractivity contribution in [2.75, 3.05) is 6.61 Å². The van der Waals surface area contributed by atoms with Crippen molar-refractivity contribution in [2.24, 2.45) is 5.10 Å². The smallest absolute Gasteiger partial charge is 0.162 e. The Morgan fingerprint density at radius 2 is 2.56 bits per heavy atom. The van der Waals surface area contributed by atoms with Crippen LogP contribution < -0.4 is 5.43 Å². The summed E-state index contributed by atoms with van der Waals surface area (Å²) in [6, 6.07) is 0. The van der Waals surface area contributed by atoms with Crippen LogP contribution in [0.4, 0.5) is 0 Å². The van der Waals surface area contributed by atoms with Gasteiger partial charge >= 0.3 is 0 Å². The fourth-order valence-electron chi connectivity index (χ4n) is 0.990.